The number of aromatic nitrogens is 1. The zero-order chi connectivity index (χ0) is 11.7. The second-order valence-corrected chi connectivity index (χ2v) is 5.93. The Balaban J connectivity index is 2.31. The summed E-state index contributed by atoms with van der Waals surface area (Å²) >= 11 is 7.91. The summed E-state index contributed by atoms with van der Waals surface area (Å²) in [5.74, 6) is 1.94. The molecule has 2 rings (SSSR count). The highest BCUT2D eigenvalue weighted by molar-refractivity contribution is 8.00. The molecule has 1 aliphatic heterocycles. The molecule has 0 radical (unpaired) electrons. The fourth-order valence-electron chi connectivity index (χ4n) is 1.90. The van der Waals surface area contributed by atoms with Gasteiger partial charge in [-0.15, -0.1) is 0 Å². The normalized spacial score (nSPS) is 25.8. The van der Waals surface area contributed by atoms with E-state index in [2.05, 4.69) is 23.7 Å². The van der Waals surface area contributed by atoms with Crippen LogP contribution in [0.4, 0.5) is 11.5 Å². The van der Waals surface area contributed by atoms with Gasteiger partial charge in [0.1, 0.15) is 5.15 Å². The van der Waals surface area contributed by atoms with Crippen LogP contribution in [0.5, 0.6) is 0 Å². The predicted molar refractivity (Wildman–Crippen MR) is 72.4 cm³/mol. The van der Waals surface area contributed by atoms with Crippen LogP contribution in [0.1, 0.15) is 13.8 Å². The van der Waals surface area contributed by atoms with Crippen molar-refractivity contribution in [3.63, 3.8) is 0 Å². The van der Waals surface area contributed by atoms with E-state index in [1.54, 1.807) is 6.07 Å². The molecule has 1 aromatic heterocycles. The molecule has 3 nitrogen and oxygen atoms in total. The molecule has 2 N–H and O–H groups in total. The molecule has 16 heavy (non-hydrogen) atoms. The minimum atomic E-state index is 0.437. The van der Waals surface area contributed by atoms with Crippen molar-refractivity contribution in [2.24, 2.45) is 0 Å². The minimum absolute atomic E-state index is 0.437. The lowest BCUT2D eigenvalue weighted by molar-refractivity contribution is 0.621. The third-order valence-corrected chi connectivity index (χ3v) is 4.58. The first kappa shape index (κ1) is 11.9. The Morgan fingerprint density at radius 1 is 1.50 bits per heavy atom. The summed E-state index contributed by atoms with van der Waals surface area (Å²) in [4.78, 5) is 6.59. The van der Waals surface area contributed by atoms with Gasteiger partial charge in [0.2, 0.25) is 0 Å². The molecule has 2 heterocycles. The van der Waals surface area contributed by atoms with E-state index in [1.165, 1.54) is 0 Å². The summed E-state index contributed by atoms with van der Waals surface area (Å²) in [5, 5.41) is 1.09. The van der Waals surface area contributed by atoms with Crippen molar-refractivity contribution in [3.8, 4) is 0 Å². The fraction of sp³-hybridized carbons (Fsp3) is 0.545. The highest BCUT2D eigenvalue weighted by Gasteiger charge is 2.27. The Labute approximate surface area is 105 Å². The molecule has 0 bridgehead atoms. The van der Waals surface area contributed by atoms with Crippen molar-refractivity contribution in [2.45, 2.75) is 25.1 Å². The number of rotatable bonds is 1. The molecule has 0 aromatic carbocycles. The van der Waals surface area contributed by atoms with Gasteiger partial charge in [-0.2, -0.15) is 11.8 Å². The highest BCUT2D eigenvalue weighted by atomic mass is 35.5. The molecule has 2 unspecified atom stereocenters. The van der Waals surface area contributed by atoms with E-state index in [1.807, 2.05) is 17.8 Å². The van der Waals surface area contributed by atoms with Gasteiger partial charge < -0.3 is 10.6 Å². The van der Waals surface area contributed by atoms with E-state index < -0.39 is 0 Å². The maximum atomic E-state index is 5.96. The summed E-state index contributed by atoms with van der Waals surface area (Å²) in [6.07, 6.45) is 0. The summed E-state index contributed by atoms with van der Waals surface area (Å²) in [6, 6.07) is 3.99. The molecule has 88 valence electrons. The van der Waals surface area contributed by atoms with Crippen LogP contribution in [0.15, 0.2) is 12.1 Å². The van der Waals surface area contributed by atoms with E-state index in [0.717, 1.165) is 18.1 Å². The Morgan fingerprint density at radius 3 is 3.00 bits per heavy atom. The quantitative estimate of drug-likeness (QED) is 0.786. The molecule has 1 aliphatic rings. The summed E-state index contributed by atoms with van der Waals surface area (Å²) in [5.41, 5.74) is 6.66. The molecule has 2 atom stereocenters. The number of anilines is 2. The van der Waals surface area contributed by atoms with Crippen molar-refractivity contribution >= 4 is 34.9 Å². The number of hydrogen-bond donors (Lipinski definition) is 1. The summed E-state index contributed by atoms with van der Waals surface area (Å²) in [6.45, 7) is 5.43. The zero-order valence-corrected chi connectivity index (χ0v) is 11.1. The minimum Gasteiger partial charge on any atom is -0.396 e. The molecular weight excluding hydrogens is 242 g/mol. The lowest BCUT2D eigenvalue weighted by atomic mass is 10.2. The Kier molecular flexibility index (Phi) is 3.50. The van der Waals surface area contributed by atoms with Gasteiger partial charge in [-0.25, -0.2) is 4.98 Å². The first-order chi connectivity index (χ1) is 7.59. The molecule has 0 aliphatic carbocycles. The average Bonchev–Trinajstić information content (AvgIpc) is 2.26. The topological polar surface area (TPSA) is 42.2 Å². The van der Waals surface area contributed by atoms with E-state index in [0.29, 0.717) is 22.1 Å². The fourth-order valence-corrected chi connectivity index (χ4v) is 3.14. The number of pyridine rings is 1. The molecule has 0 amide bonds. The van der Waals surface area contributed by atoms with Gasteiger partial charge in [-0.3, -0.25) is 0 Å². The van der Waals surface area contributed by atoms with Crippen LogP contribution in [-0.2, 0) is 0 Å². The predicted octanol–water partition coefficient (Wildman–Crippen LogP) is 2.65. The van der Waals surface area contributed by atoms with Crippen LogP contribution in [-0.4, -0.2) is 28.6 Å². The average molecular weight is 258 g/mol. The smallest absolute Gasteiger partial charge is 0.153 e. The maximum absolute atomic E-state index is 5.96. The highest BCUT2D eigenvalue weighted by Crippen LogP contribution is 2.31. The summed E-state index contributed by atoms with van der Waals surface area (Å²) < 4.78 is 0. The number of thioether (sulfide) groups is 1. The van der Waals surface area contributed by atoms with Crippen LogP contribution >= 0.6 is 23.4 Å². The summed E-state index contributed by atoms with van der Waals surface area (Å²) in [7, 11) is 0. The lowest BCUT2D eigenvalue weighted by Crippen LogP contribution is -2.45. The van der Waals surface area contributed by atoms with Crippen LogP contribution in [0.25, 0.3) is 0 Å². The van der Waals surface area contributed by atoms with Gasteiger partial charge in [0, 0.05) is 23.6 Å². The number of nitrogens with zero attached hydrogens (tertiary/aromatic N) is 2. The SMILES string of the molecule is CC1SCCN(c2nc(Cl)ccc2N)C1C. The van der Waals surface area contributed by atoms with Gasteiger partial charge in [0.25, 0.3) is 0 Å². The Morgan fingerprint density at radius 2 is 2.25 bits per heavy atom. The monoisotopic (exact) mass is 257 g/mol. The number of nitrogen functional groups attached to an aromatic ring is 1. The van der Waals surface area contributed by atoms with Gasteiger partial charge in [0.15, 0.2) is 5.82 Å². The second kappa shape index (κ2) is 4.72. The Hall–Kier alpha value is -0.610. The molecular formula is C11H16ClN3S. The maximum Gasteiger partial charge on any atom is 0.153 e. The largest absolute Gasteiger partial charge is 0.396 e. The van der Waals surface area contributed by atoms with E-state index in [4.69, 9.17) is 17.3 Å². The number of hydrogen-bond acceptors (Lipinski definition) is 4. The number of nitrogens with two attached hydrogens (primary N) is 1. The first-order valence-corrected chi connectivity index (χ1v) is 6.82. The van der Waals surface area contributed by atoms with Crippen molar-refractivity contribution in [3.05, 3.63) is 17.3 Å². The number of halogens is 1. The van der Waals surface area contributed by atoms with Crippen LogP contribution in [0.3, 0.4) is 0 Å². The van der Waals surface area contributed by atoms with Gasteiger partial charge in [-0.05, 0) is 19.1 Å². The van der Waals surface area contributed by atoms with Crippen LogP contribution < -0.4 is 10.6 Å². The second-order valence-electron chi connectivity index (χ2n) is 4.06. The van der Waals surface area contributed by atoms with Crippen molar-refractivity contribution < 1.29 is 0 Å². The molecule has 1 saturated heterocycles. The van der Waals surface area contributed by atoms with E-state index >= 15 is 0 Å². The van der Waals surface area contributed by atoms with Gasteiger partial charge in [0.05, 0.1) is 5.69 Å². The van der Waals surface area contributed by atoms with Crippen molar-refractivity contribution in [1.29, 1.82) is 0 Å². The van der Waals surface area contributed by atoms with Gasteiger partial charge in [-0.1, -0.05) is 18.5 Å². The van der Waals surface area contributed by atoms with Crippen molar-refractivity contribution in [1.82, 2.24) is 4.98 Å². The third-order valence-electron chi connectivity index (χ3n) is 3.03. The van der Waals surface area contributed by atoms with E-state index in [-0.39, 0.29) is 0 Å². The molecule has 5 heteroatoms. The van der Waals surface area contributed by atoms with E-state index in [9.17, 15) is 0 Å². The lowest BCUT2D eigenvalue weighted by Gasteiger charge is -2.38. The first-order valence-electron chi connectivity index (χ1n) is 5.40. The zero-order valence-electron chi connectivity index (χ0n) is 9.48. The van der Waals surface area contributed by atoms with Crippen LogP contribution in [0.2, 0.25) is 5.15 Å². The standard InChI is InChI=1S/C11H16ClN3S/c1-7-8(2)16-6-5-15(7)11-9(13)3-4-10(12)14-11/h3-4,7-8H,5-6,13H2,1-2H3. The van der Waals surface area contributed by atoms with Crippen molar-refractivity contribution in [2.75, 3.05) is 22.9 Å². The third kappa shape index (κ3) is 2.23. The van der Waals surface area contributed by atoms with Crippen LogP contribution in [0, 0.1) is 0 Å². The molecule has 1 fully saturated rings. The molecule has 1 aromatic rings. The molecule has 0 saturated carbocycles. The molecule has 0 spiro atoms. The Bertz CT molecular complexity index is 385. The van der Waals surface area contributed by atoms with Gasteiger partial charge >= 0.3 is 0 Å².